The minimum Gasteiger partial charge on any atom is -0.508 e. The summed E-state index contributed by atoms with van der Waals surface area (Å²) in [5.41, 5.74) is 0.802. The van der Waals surface area contributed by atoms with Crippen LogP contribution >= 0.6 is 0 Å². The molecule has 1 aliphatic heterocycles. The number of phenols is 2. The third kappa shape index (κ3) is 1.72. The van der Waals surface area contributed by atoms with Crippen molar-refractivity contribution in [2.75, 3.05) is 6.61 Å². The molecule has 2 N–H and O–H groups in total. The normalized spacial score (nSPS) is 19.9. The fourth-order valence-corrected chi connectivity index (χ4v) is 2.46. The molecule has 0 radical (unpaired) electrons. The number of ether oxygens (including phenoxy) is 1. The lowest BCUT2D eigenvalue weighted by Crippen LogP contribution is -1.97. The third-order valence-electron chi connectivity index (χ3n) is 3.28. The van der Waals surface area contributed by atoms with Gasteiger partial charge in [0.05, 0.1) is 6.10 Å². The summed E-state index contributed by atoms with van der Waals surface area (Å²) in [6.45, 7) is 0.735. The molecule has 1 atom stereocenters. The summed E-state index contributed by atoms with van der Waals surface area (Å²) in [6, 6.07) is 8.73. The van der Waals surface area contributed by atoms with Crippen LogP contribution in [0.2, 0.25) is 0 Å². The molecule has 0 spiro atoms. The quantitative estimate of drug-likeness (QED) is 0.791. The molecule has 0 saturated carbocycles. The number of hydrogen-bond donors (Lipinski definition) is 2. The van der Waals surface area contributed by atoms with Crippen LogP contribution in [0.3, 0.4) is 0 Å². The van der Waals surface area contributed by atoms with Crippen LogP contribution in [0.15, 0.2) is 30.3 Å². The Morgan fingerprint density at radius 3 is 2.71 bits per heavy atom. The monoisotopic (exact) mass is 230 g/mol. The zero-order valence-corrected chi connectivity index (χ0v) is 9.39. The fraction of sp³-hybridized carbons (Fsp3) is 0.286. The molecule has 1 fully saturated rings. The van der Waals surface area contributed by atoms with E-state index < -0.39 is 0 Å². The molecule has 1 aliphatic rings. The van der Waals surface area contributed by atoms with Crippen molar-refractivity contribution in [3.8, 4) is 11.5 Å². The predicted octanol–water partition coefficient (Wildman–Crippen LogP) is 3.10. The molecule has 88 valence electrons. The maximum atomic E-state index is 10.00. The highest BCUT2D eigenvalue weighted by molar-refractivity contribution is 5.89. The number of hydrogen-bond acceptors (Lipinski definition) is 3. The number of aromatic hydroxyl groups is 2. The van der Waals surface area contributed by atoms with E-state index in [2.05, 4.69) is 0 Å². The summed E-state index contributed by atoms with van der Waals surface area (Å²) in [6.07, 6.45) is 1.88. The molecular formula is C14H14O3. The summed E-state index contributed by atoms with van der Waals surface area (Å²) in [4.78, 5) is 0. The van der Waals surface area contributed by atoms with Gasteiger partial charge in [0, 0.05) is 12.2 Å². The number of rotatable bonds is 1. The lowest BCUT2D eigenvalue weighted by molar-refractivity contribution is 0.111. The Bertz CT molecular complexity index is 551. The highest BCUT2D eigenvalue weighted by Gasteiger charge is 2.23. The molecule has 1 unspecified atom stereocenters. The first kappa shape index (κ1) is 10.4. The molecule has 0 aliphatic carbocycles. The Hall–Kier alpha value is -1.74. The molecule has 3 heteroatoms. The lowest BCUT2D eigenvalue weighted by Gasteiger charge is -2.15. The van der Waals surface area contributed by atoms with E-state index in [1.807, 2.05) is 12.1 Å². The number of benzene rings is 2. The second kappa shape index (κ2) is 3.93. The van der Waals surface area contributed by atoms with Crippen molar-refractivity contribution in [2.24, 2.45) is 0 Å². The summed E-state index contributed by atoms with van der Waals surface area (Å²) in [5.74, 6) is 0.456. The Kier molecular flexibility index (Phi) is 2.41. The van der Waals surface area contributed by atoms with Gasteiger partial charge in [-0.1, -0.05) is 12.1 Å². The summed E-state index contributed by atoms with van der Waals surface area (Å²) >= 11 is 0. The molecule has 2 aromatic carbocycles. The summed E-state index contributed by atoms with van der Waals surface area (Å²) in [7, 11) is 0. The van der Waals surface area contributed by atoms with E-state index in [1.165, 1.54) is 0 Å². The van der Waals surface area contributed by atoms with Crippen LogP contribution in [0.1, 0.15) is 24.5 Å². The number of phenolic OH excluding ortho intramolecular Hbond substituents is 2. The minimum atomic E-state index is -0.0551. The Morgan fingerprint density at radius 2 is 1.94 bits per heavy atom. The molecule has 3 nitrogen and oxygen atoms in total. The maximum absolute atomic E-state index is 10.00. The third-order valence-corrected chi connectivity index (χ3v) is 3.28. The van der Waals surface area contributed by atoms with E-state index in [1.54, 1.807) is 18.2 Å². The average Bonchev–Trinajstić information content (AvgIpc) is 2.82. The van der Waals surface area contributed by atoms with E-state index in [0.29, 0.717) is 0 Å². The van der Waals surface area contributed by atoms with E-state index in [4.69, 9.17) is 4.74 Å². The van der Waals surface area contributed by atoms with Crippen LogP contribution in [-0.2, 0) is 4.74 Å². The van der Waals surface area contributed by atoms with Gasteiger partial charge in [-0.3, -0.25) is 0 Å². The van der Waals surface area contributed by atoms with E-state index in [-0.39, 0.29) is 17.6 Å². The molecule has 1 saturated heterocycles. The smallest absolute Gasteiger partial charge is 0.122 e. The molecule has 0 amide bonds. The second-order valence-corrected chi connectivity index (χ2v) is 4.41. The van der Waals surface area contributed by atoms with Crippen LogP contribution < -0.4 is 0 Å². The molecule has 17 heavy (non-hydrogen) atoms. The molecule has 0 aromatic heterocycles. The Morgan fingerprint density at radius 1 is 1.12 bits per heavy atom. The Labute approximate surface area is 99.3 Å². The maximum Gasteiger partial charge on any atom is 0.122 e. The highest BCUT2D eigenvalue weighted by Crippen LogP contribution is 2.39. The fourth-order valence-electron chi connectivity index (χ4n) is 2.46. The van der Waals surface area contributed by atoms with Crippen molar-refractivity contribution in [3.63, 3.8) is 0 Å². The van der Waals surface area contributed by atoms with Crippen LogP contribution in [0.25, 0.3) is 10.8 Å². The van der Waals surface area contributed by atoms with Gasteiger partial charge >= 0.3 is 0 Å². The number of fused-ring (bicyclic) bond motifs is 1. The van der Waals surface area contributed by atoms with Gasteiger partial charge in [0.1, 0.15) is 11.5 Å². The van der Waals surface area contributed by atoms with Crippen molar-refractivity contribution < 1.29 is 14.9 Å². The van der Waals surface area contributed by atoms with Crippen molar-refractivity contribution >= 4 is 10.8 Å². The van der Waals surface area contributed by atoms with Gasteiger partial charge < -0.3 is 14.9 Å². The zero-order chi connectivity index (χ0) is 11.8. The van der Waals surface area contributed by atoms with Gasteiger partial charge in [-0.05, 0) is 41.8 Å². The molecule has 3 rings (SSSR count). The first-order chi connectivity index (χ1) is 8.25. The van der Waals surface area contributed by atoms with Crippen molar-refractivity contribution in [1.29, 1.82) is 0 Å². The molecule has 1 heterocycles. The van der Waals surface area contributed by atoms with Gasteiger partial charge in [0.25, 0.3) is 0 Å². The summed E-state index contributed by atoms with van der Waals surface area (Å²) in [5, 5.41) is 21.4. The van der Waals surface area contributed by atoms with Crippen LogP contribution in [0, 0.1) is 0 Å². The van der Waals surface area contributed by atoms with Gasteiger partial charge in [-0.15, -0.1) is 0 Å². The largest absolute Gasteiger partial charge is 0.508 e. The van der Waals surface area contributed by atoms with E-state index in [0.717, 1.165) is 35.8 Å². The average molecular weight is 230 g/mol. The first-order valence-electron chi connectivity index (χ1n) is 5.82. The zero-order valence-electron chi connectivity index (χ0n) is 9.39. The minimum absolute atomic E-state index is 0.0551. The Balaban J connectivity index is 2.25. The van der Waals surface area contributed by atoms with E-state index in [9.17, 15) is 10.2 Å². The summed E-state index contributed by atoms with van der Waals surface area (Å²) < 4.78 is 5.63. The predicted molar refractivity (Wildman–Crippen MR) is 65.2 cm³/mol. The van der Waals surface area contributed by atoms with E-state index >= 15 is 0 Å². The molecular weight excluding hydrogens is 216 g/mol. The topological polar surface area (TPSA) is 49.7 Å². The first-order valence-corrected chi connectivity index (χ1v) is 5.82. The molecule has 0 bridgehead atoms. The van der Waals surface area contributed by atoms with Gasteiger partial charge in [-0.2, -0.15) is 0 Å². The second-order valence-electron chi connectivity index (χ2n) is 4.41. The van der Waals surface area contributed by atoms with Crippen molar-refractivity contribution in [2.45, 2.75) is 18.9 Å². The SMILES string of the molecule is Oc1ccc2ccc(O)c(C3CCCO3)c2c1. The standard InChI is InChI=1S/C14H14O3/c15-10-5-3-9-4-6-12(16)14(11(9)8-10)13-2-1-7-17-13/h3-6,8,13,15-16H,1-2,7H2. The van der Waals surface area contributed by atoms with Crippen molar-refractivity contribution in [1.82, 2.24) is 0 Å². The van der Waals surface area contributed by atoms with Gasteiger partial charge in [-0.25, -0.2) is 0 Å². The molecule has 2 aromatic rings. The highest BCUT2D eigenvalue weighted by atomic mass is 16.5. The van der Waals surface area contributed by atoms with Crippen LogP contribution in [-0.4, -0.2) is 16.8 Å². The van der Waals surface area contributed by atoms with Gasteiger partial charge in [0.2, 0.25) is 0 Å². The van der Waals surface area contributed by atoms with Crippen LogP contribution in [0.5, 0.6) is 11.5 Å². The van der Waals surface area contributed by atoms with Gasteiger partial charge in [0.15, 0.2) is 0 Å². The lowest BCUT2D eigenvalue weighted by atomic mass is 9.97. The van der Waals surface area contributed by atoms with Crippen LogP contribution in [0.4, 0.5) is 0 Å². The van der Waals surface area contributed by atoms with Crippen molar-refractivity contribution in [3.05, 3.63) is 35.9 Å².